The first kappa shape index (κ1) is 22.1. The smallest absolute Gasteiger partial charge is 0.322 e. The van der Waals surface area contributed by atoms with E-state index in [1.807, 2.05) is 6.92 Å². The van der Waals surface area contributed by atoms with Crippen LogP contribution in [0.4, 0.5) is 0 Å². The summed E-state index contributed by atoms with van der Waals surface area (Å²) in [5.74, 6) is -3.07. The van der Waals surface area contributed by atoms with Gasteiger partial charge in [0.05, 0.1) is 18.9 Å². The van der Waals surface area contributed by atoms with Crippen LogP contribution in [0.5, 0.6) is 0 Å². The summed E-state index contributed by atoms with van der Waals surface area (Å²) in [6, 6.07) is -1.74. The van der Waals surface area contributed by atoms with Crippen molar-refractivity contribution in [3.05, 3.63) is 18.2 Å². The van der Waals surface area contributed by atoms with Gasteiger partial charge in [-0.2, -0.15) is 0 Å². The topological polar surface area (TPSA) is 179 Å². The number of carbonyl (C=O) groups excluding carboxylic acids is 3. The van der Waals surface area contributed by atoms with Gasteiger partial charge in [-0.15, -0.1) is 0 Å². The molecule has 1 rings (SSSR count). The van der Waals surface area contributed by atoms with Crippen molar-refractivity contribution in [2.24, 2.45) is 11.7 Å². The number of carboxylic acids is 1. The van der Waals surface area contributed by atoms with E-state index in [1.165, 1.54) is 6.33 Å². The predicted molar refractivity (Wildman–Crippen MR) is 95.3 cm³/mol. The predicted octanol–water partition coefficient (Wildman–Crippen LogP) is -1.87. The highest BCUT2D eigenvalue weighted by Gasteiger charge is 2.28. The Bertz CT molecular complexity index is 648. The van der Waals surface area contributed by atoms with E-state index in [1.54, 1.807) is 13.1 Å². The van der Waals surface area contributed by atoms with Crippen LogP contribution in [-0.2, 0) is 25.6 Å². The second-order valence-electron chi connectivity index (χ2n) is 6.15. The molecule has 0 saturated heterocycles. The van der Waals surface area contributed by atoms with Gasteiger partial charge in [-0.3, -0.25) is 19.2 Å². The van der Waals surface area contributed by atoms with E-state index in [9.17, 15) is 19.2 Å². The molecule has 0 spiro atoms. The van der Waals surface area contributed by atoms with E-state index in [0.717, 1.165) is 0 Å². The number of aromatic amines is 1. The van der Waals surface area contributed by atoms with Gasteiger partial charge in [-0.1, -0.05) is 20.3 Å². The van der Waals surface area contributed by atoms with Crippen molar-refractivity contribution in [1.82, 2.24) is 25.9 Å². The first-order valence-electron chi connectivity index (χ1n) is 8.54. The number of nitrogens with one attached hydrogen (secondary N) is 4. The Morgan fingerprint density at radius 2 is 1.93 bits per heavy atom. The van der Waals surface area contributed by atoms with Crippen LogP contribution in [0.15, 0.2) is 12.5 Å². The van der Waals surface area contributed by atoms with Crippen molar-refractivity contribution in [3.63, 3.8) is 0 Å². The number of aliphatic carboxylic acids is 1. The number of hydrogen-bond acceptors (Lipinski definition) is 6. The first-order valence-corrected chi connectivity index (χ1v) is 8.54. The normalized spacial score (nSPS) is 13.9. The molecule has 1 heterocycles. The van der Waals surface area contributed by atoms with Crippen LogP contribution in [0.25, 0.3) is 0 Å². The molecule has 1 aromatic rings. The van der Waals surface area contributed by atoms with E-state index < -0.39 is 48.9 Å². The lowest BCUT2D eigenvalue weighted by Crippen LogP contribution is -2.55. The number of hydrogen-bond donors (Lipinski definition) is 6. The van der Waals surface area contributed by atoms with Crippen molar-refractivity contribution >= 4 is 23.7 Å². The fourth-order valence-corrected chi connectivity index (χ4v) is 2.20. The van der Waals surface area contributed by atoms with Gasteiger partial charge in [-0.05, 0) is 5.92 Å². The lowest BCUT2D eigenvalue weighted by atomic mass is 9.97. The number of nitrogens with two attached hydrogens (primary N) is 1. The quantitative estimate of drug-likeness (QED) is 0.259. The van der Waals surface area contributed by atoms with E-state index in [-0.39, 0.29) is 12.3 Å². The zero-order chi connectivity index (χ0) is 20.4. The summed E-state index contributed by atoms with van der Waals surface area (Å²) in [6.45, 7) is 2.72. The van der Waals surface area contributed by atoms with Crippen molar-refractivity contribution in [3.8, 4) is 0 Å². The molecule has 11 heteroatoms. The molecular formula is C16H26N6O5. The van der Waals surface area contributed by atoms with Crippen LogP contribution in [-0.4, -0.2) is 63.9 Å². The van der Waals surface area contributed by atoms with Crippen LogP contribution in [0.3, 0.4) is 0 Å². The highest BCUT2D eigenvalue weighted by atomic mass is 16.4. The summed E-state index contributed by atoms with van der Waals surface area (Å²) >= 11 is 0. The molecule has 1 aromatic heterocycles. The maximum atomic E-state index is 12.4. The number of carboxylic acid groups (broad SMARTS) is 1. The summed E-state index contributed by atoms with van der Waals surface area (Å²) in [5.41, 5.74) is 6.57. The SMILES string of the molecule is CCC(C)C(NC(=O)C(N)Cc1cnc[nH]1)C(=O)NCC(=O)NCC(=O)O. The summed E-state index contributed by atoms with van der Waals surface area (Å²) in [5, 5.41) is 15.7. The Kier molecular flexibility index (Phi) is 8.93. The van der Waals surface area contributed by atoms with Gasteiger partial charge >= 0.3 is 5.97 Å². The number of carbonyl (C=O) groups is 4. The van der Waals surface area contributed by atoms with E-state index in [2.05, 4.69) is 25.9 Å². The number of aromatic nitrogens is 2. The van der Waals surface area contributed by atoms with Gasteiger partial charge in [0.25, 0.3) is 0 Å². The zero-order valence-electron chi connectivity index (χ0n) is 15.3. The third-order valence-corrected chi connectivity index (χ3v) is 3.98. The number of rotatable bonds is 11. The standard InChI is InChI=1S/C16H26N6O5/c1-3-9(2)14(16(27)20-6-12(23)19-7-13(24)25)22-15(26)11(17)4-10-5-18-8-21-10/h5,8-9,11,14H,3-4,6-7,17H2,1-2H3,(H,18,21)(H,19,23)(H,20,27)(H,22,26)(H,24,25). The van der Waals surface area contributed by atoms with Crippen LogP contribution in [0.2, 0.25) is 0 Å². The highest BCUT2D eigenvalue weighted by molar-refractivity contribution is 5.92. The molecule has 150 valence electrons. The summed E-state index contributed by atoms with van der Waals surface area (Å²) in [6.07, 6.45) is 3.88. The maximum Gasteiger partial charge on any atom is 0.322 e. The van der Waals surface area contributed by atoms with Gasteiger partial charge in [-0.25, -0.2) is 4.98 Å². The largest absolute Gasteiger partial charge is 0.480 e. The molecule has 7 N–H and O–H groups in total. The fourth-order valence-electron chi connectivity index (χ4n) is 2.20. The Morgan fingerprint density at radius 3 is 2.48 bits per heavy atom. The molecule has 0 aliphatic heterocycles. The Hall–Kier alpha value is -2.95. The molecule has 3 amide bonds. The van der Waals surface area contributed by atoms with Crippen molar-refractivity contribution < 1.29 is 24.3 Å². The second-order valence-corrected chi connectivity index (χ2v) is 6.15. The van der Waals surface area contributed by atoms with Gasteiger partial charge in [0.15, 0.2) is 0 Å². The highest BCUT2D eigenvalue weighted by Crippen LogP contribution is 2.08. The summed E-state index contributed by atoms with van der Waals surface area (Å²) < 4.78 is 0. The molecule has 0 fully saturated rings. The van der Waals surface area contributed by atoms with Crippen molar-refractivity contribution in [2.75, 3.05) is 13.1 Å². The number of H-pyrrole nitrogens is 1. The molecule has 3 atom stereocenters. The molecule has 0 saturated carbocycles. The molecule has 0 radical (unpaired) electrons. The zero-order valence-corrected chi connectivity index (χ0v) is 15.3. The lowest BCUT2D eigenvalue weighted by Gasteiger charge is -2.25. The van der Waals surface area contributed by atoms with Crippen LogP contribution in [0.1, 0.15) is 26.0 Å². The average Bonchev–Trinajstić information content (AvgIpc) is 3.14. The molecular weight excluding hydrogens is 356 g/mol. The lowest BCUT2D eigenvalue weighted by molar-refractivity contribution is -0.138. The van der Waals surface area contributed by atoms with E-state index in [0.29, 0.717) is 12.1 Å². The van der Waals surface area contributed by atoms with Gasteiger partial charge in [0, 0.05) is 18.3 Å². The molecule has 27 heavy (non-hydrogen) atoms. The molecule has 0 aromatic carbocycles. The molecule has 3 unspecified atom stereocenters. The molecule has 0 aliphatic rings. The number of amides is 3. The van der Waals surface area contributed by atoms with Crippen molar-refractivity contribution in [2.45, 2.75) is 38.8 Å². The van der Waals surface area contributed by atoms with E-state index in [4.69, 9.17) is 10.8 Å². The van der Waals surface area contributed by atoms with Gasteiger partial charge in [0.1, 0.15) is 12.6 Å². The van der Waals surface area contributed by atoms with Crippen LogP contribution < -0.4 is 21.7 Å². The Morgan fingerprint density at radius 1 is 1.22 bits per heavy atom. The summed E-state index contributed by atoms with van der Waals surface area (Å²) in [4.78, 5) is 53.3. The summed E-state index contributed by atoms with van der Waals surface area (Å²) in [7, 11) is 0. The number of imidazole rings is 1. The van der Waals surface area contributed by atoms with E-state index >= 15 is 0 Å². The van der Waals surface area contributed by atoms with Gasteiger partial charge < -0.3 is 31.8 Å². The molecule has 0 aliphatic carbocycles. The van der Waals surface area contributed by atoms with Crippen LogP contribution >= 0.6 is 0 Å². The second kappa shape index (κ2) is 10.9. The Balaban J connectivity index is 2.60. The minimum absolute atomic E-state index is 0.199. The minimum atomic E-state index is -1.19. The molecule has 0 bridgehead atoms. The molecule has 11 nitrogen and oxygen atoms in total. The number of nitrogens with zero attached hydrogens (tertiary/aromatic N) is 1. The minimum Gasteiger partial charge on any atom is -0.480 e. The third-order valence-electron chi connectivity index (χ3n) is 3.98. The monoisotopic (exact) mass is 382 g/mol. The Labute approximate surface area is 156 Å². The first-order chi connectivity index (χ1) is 12.7. The fraction of sp³-hybridized carbons (Fsp3) is 0.562. The maximum absolute atomic E-state index is 12.4. The van der Waals surface area contributed by atoms with Crippen molar-refractivity contribution in [1.29, 1.82) is 0 Å². The van der Waals surface area contributed by atoms with Gasteiger partial charge in [0.2, 0.25) is 17.7 Å². The van der Waals surface area contributed by atoms with Crippen LogP contribution in [0, 0.1) is 5.92 Å². The average molecular weight is 382 g/mol. The third kappa shape index (κ3) is 7.86.